The molecule has 0 amide bonds. The lowest BCUT2D eigenvalue weighted by Crippen LogP contribution is -2.05. The van der Waals surface area contributed by atoms with Crippen molar-refractivity contribution in [1.82, 2.24) is 0 Å². The normalized spacial score (nSPS) is 10.1. The number of rotatable bonds is 2. The van der Waals surface area contributed by atoms with Crippen LogP contribution in [0, 0.1) is 22.4 Å². The molecule has 0 saturated carbocycles. The van der Waals surface area contributed by atoms with Gasteiger partial charge in [-0.15, -0.1) is 4.91 Å². The van der Waals surface area contributed by atoms with Gasteiger partial charge >= 0.3 is 5.97 Å². The molecule has 1 N–H and O–H groups in total. The summed E-state index contributed by atoms with van der Waals surface area (Å²) in [4.78, 5) is 20.5. The molecular formula is C7HClF3NO3. The summed E-state index contributed by atoms with van der Waals surface area (Å²) in [6.45, 7) is 0. The summed E-state index contributed by atoms with van der Waals surface area (Å²) in [5.74, 6) is -7.46. The first kappa shape index (κ1) is 11.4. The zero-order valence-electron chi connectivity index (χ0n) is 6.72. The van der Waals surface area contributed by atoms with Gasteiger partial charge in [0.15, 0.2) is 23.1 Å². The molecule has 1 aromatic rings. The van der Waals surface area contributed by atoms with Crippen molar-refractivity contribution in [2.45, 2.75) is 0 Å². The van der Waals surface area contributed by atoms with Crippen LogP contribution in [0.2, 0.25) is 5.02 Å². The molecule has 0 aliphatic carbocycles. The first-order valence-corrected chi connectivity index (χ1v) is 3.72. The Kier molecular flexibility index (Phi) is 2.94. The van der Waals surface area contributed by atoms with Gasteiger partial charge in [0.2, 0.25) is 0 Å². The van der Waals surface area contributed by atoms with Crippen molar-refractivity contribution in [2.24, 2.45) is 5.18 Å². The summed E-state index contributed by atoms with van der Waals surface area (Å²) in [5, 5.41) is 9.00. The van der Waals surface area contributed by atoms with Gasteiger partial charge in [-0.25, -0.2) is 18.0 Å². The Bertz CT molecular complexity index is 464. The van der Waals surface area contributed by atoms with Crippen LogP contribution in [0.5, 0.6) is 0 Å². The van der Waals surface area contributed by atoms with Crippen LogP contribution in [-0.4, -0.2) is 11.1 Å². The first-order valence-electron chi connectivity index (χ1n) is 3.34. The van der Waals surface area contributed by atoms with E-state index in [2.05, 4.69) is 0 Å². The molecule has 0 aromatic heterocycles. The van der Waals surface area contributed by atoms with Gasteiger partial charge in [-0.05, 0) is 5.18 Å². The average Bonchev–Trinajstić information content (AvgIpc) is 2.19. The maximum atomic E-state index is 13.0. The zero-order chi connectivity index (χ0) is 11.7. The molecule has 0 heterocycles. The molecule has 0 bridgehead atoms. The second-order valence-electron chi connectivity index (χ2n) is 2.38. The molecule has 0 atom stereocenters. The van der Waals surface area contributed by atoms with Crippen LogP contribution in [0.15, 0.2) is 5.18 Å². The number of carbonyl (C=O) groups is 1. The average molecular weight is 240 g/mol. The predicted molar refractivity (Wildman–Crippen MR) is 43.7 cm³/mol. The zero-order valence-corrected chi connectivity index (χ0v) is 7.48. The Hall–Kier alpha value is -1.63. The molecule has 0 radical (unpaired) electrons. The van der Waals surface area contributed by atoms with E-state index in [-0.39, 0.29) is 0 Å². The van der Waals surface area contributed by atoms with E-state index in [0.717, 1.165) is 0 Å². The third-order valence-electron chi connectivity index (χ3n) is 1.55. The Morgan fingerprint density at radius 3 is 2.13 bits per heavy atom. The molecule has 80 valence electrons. The fourth-order valence-electron chi connectivity index (χ4n) is 0.901. The minimum Gasteiger partial charge on any atom is -0.478 e. The minimum absolute atomic E-state index is 1.34. The fraction of sp³-hybridized carbons (Fsp3) is 0. The van der Waals surface area contributed by atoms with Crippen molar-refractivity contribution < 1.29 is 23.1 Å². The van der Waals surface area contributed by atoms with Crippen molar-refractivity contribution in [3.8, 4) is 0 Å². The lowest BCUT2D eigenvalue weighted by atomic mass is 10.1. The number of aromatic carboxylic acids is 1. The predicted octanol–water partition coefficient (Wildman–Crippen LogP) is 2.85. The van der Waals surface area contributed by atoms with Crippen LogP contribution in [-0.2, 0) is 0 Å². The van der Waals surface area contributed by atoms with Crippen molar-refractivity contribution in [2.75, 3.05) is 0 Å². The molecule has 4 nitrogen and oxygen atoms in total. The number of nitrogens with zero attached hydrogens (tertiary/aromatic N) is 1. The number of halogens is 4. The van der Waals surface area contributed by atoms with Gasteiger partial charge in [-0.2, -0.15) is 0 Å². The molecular weight excluding hydrogens is 239 g/mol. The van der Waals surface area contributed by atoms with Crippen LogP contribution < -0.4 is 0 Å². The smallest absolute Gasteiger partial charge is 0.341 e. The Morgan fingerprint density at radius 1 is 1.20 bits per heavy atom. The largest absolute Gasteiger partial charge is 0.478 e. The third kappa shape index (κ3) is 1.65. The van der Waals surface area contributed by atoms with Crippen LogP contribution >= 0.6 is 11.6 Å². The Balaban J connectivity index is 3.78. The summed E-state index contributed by atoms with van der Waals surface area (Å²) >= 11 is 4.96. The van der Waals surface area contributed by atoms with Gasteiger partial charge in [-0.3, -0.25) is 0 Å². The van der Waals surface area contributed by atoms with Crippen LogP contribution in [0.4, 0.5) is 18.9 Å². The van der Waals surface area contributed by atoms with Gasteiger partial charge in [0.25, 0.3) is 0 Å². The minimum atomic E-state index is -1.97. The van der Waals surface area contributed by atoms with Crippen molar-refractivity contribution >= 4 is 23.3 Å². The molecule has 1 rings (SSSR count). The molecule has 0 spiro atoms. The van der Waals surface area contributed by atoms with E-state index in [4.69, 9.17) is 16.7 Å². The lowest BCUT2D eigenvalue weighted by molar-refractivity contribution is 0.0692. The molecule has 0 fully saturated rings. The SMILES string of the molecule is O=Nc1c(F)c(F)c(Cl)c(F)c1C(=O)O. The molecule has 15 heavy (non-hydrogen) atoms. The molecule has 0 unspecified atom stereocenters. The summed E-state index contributed by atoms with van der Waals surface area (Å²) in [7, 11) is 0. The molecule has 0 aliphatic heterocycles. The van der Waals surface area contributed by atoms with Crippen molar-refractivity contribution in [3.63, 3.8) is 0 Å². The van der Waals surface area contributed by atoms with Gasteiger partial charge in [0.1, 0.15) is 10.6 Å². The molecule has 0 saturated heterocycles. The summed E-state index contributed by atoms with van der Waals surface area (Å²) < 4.78 is 38.6. The van der Waals surface area contributed by atoms with Gasteiger partial charge in [0, 0.05) is 0 Å². The van der Waals surface area contributed by atoms with Gasteiger partial charge in [-0.1, -0.05) is 11.6 Å². The Labute approximate surface area is 85.2 Å². The van der Waals surface area contributed by atoms with E-state index in [1.807, 2.05) is 5.18 Å². The number of hydrogen-bond donors (Lipinski definition) is 1. The van der Waals surface area contributed by atoms with E-state index >= 15 is 0 Å². The number of benzene rings is 1. The highest BCUT2D eigenvalue weighted by atomic mass is 35.5. The second kappa shape index (κ2) is 3.85. The summed E-state index contributed by atoms with van der Waals surface area (Å²) in [6, 6.07) is 0. The maximum Gasteiger partial charge on any atom is 0.341 e. The first-order chi connectivity index (χ1) is 6.91. The number of carboxylic acids is 1. The summed E-state index contributed by atoms with van der Waals surface area (Å²) in [5.41, 5.74) is -2.85. The van der Waals surface area contributed by atoms with Gasteiger partial charge in [0.05, 0.1) is 0 Å². The number of hydrogen-bond acceptors (Lipinski definition) is 3. The van der Waals surface area contributed by atoms with Crippen LogP contribution in [0.25, 0.3) is 0 Å². The number of nitroso groups, excluding NO2 is 1. The molecule has 8 heteroatoms. The van der Waals surface area contributed by atoms with Crippen molar-refractivity contribution in [3.05, 3.63) is 32.9 Å². The van der Waals surface area contributed by atoms with Crippen molar-refractivity contribution in [1.29, 1.82) is 0 Å². The number of carboxylic acid groups (broad SMARTS) is 1. The highest BCUT2D eigenvalue weighted by molar-refractivity contribution is 6.31. The Morgan fingerprint density at radius 2 is 1.73 bits per heavy atom. The third-order valence-corrected chi connectivity index (χ3v) is 1.88. The van der Waals surface area contributed by atoms with E-state index in [1.54, 1.807) is 0 Å². The van der Waals surface area contributed by atoms with E-state index in [1.165, 1.54) is 0 Å². The van der Waals surface area contributed by atoms with Crippen LogP contribution in [0.1, 0.15) is 10.4 Å². The standard InChI is InChI=1S/C7HClF3NO3/c8-2-3(9)1(7(13)14)6(12-15)5(11)4(2)10/h(H,13,14). The molecule has 0 aliphatic rings. The maximum absolute atomic E-state index is 13.0. The lowest BCUT2D eigenvalue weighted by Gasteiger charge is -2.04. The monoisotopic (exact) mass is 239 g/mol. The van der Waals surface area contributed by atoms with Crippen LogP contribution in [0.3, 0.4) is 0 Å². The quantitative estimate of drug-likeness (QED) is 0.490. The van der Waals surface area contributed by atoms with E-state index in [0.29, 0.717) is 0 Å². The van der Waals surface area contributed by atoms with E-state index < -0.39 is 39.7 Å². The topological polar surface area (TPSA) is 66.7 Å². The second-order valence-corrected chi connectivity index (χ2v) is 2.75. The molecule has 1 aromatic carbocycles. The van der Waals surface area contributed by atoms with E-state index in [9.17, 15) is 22.9 Å². The highest BCUT2D eigenvalue weighted by Crippen LogP contribution is 2.33. The van der Waals surface area contributed by atoms with Gasteiger partial charge < -0.3 is 5.11 Å². The summed E-state index contributed by atoms with van der Waals surface area (Å²) in [6.07, 6.45) is 0. The highest BCUT2D eigenvalue weighted by Gasteiger charge is 2.28. The fourth-order valence-corrected chi connectivity index (χ4v) is 1.08.